The fraction of sp³-hybridized carbons (Fsp3) is 0.927. The lowest BCUT2D eigenvalue weighted by atomic mass is 10.0. The van der Waals surface area contributed by atoms with Crippen molar-refractivity contribution < 1.29 is 24.5 Å². The van der Waals surface area contributed by atoms with Gasteiger partial charge in [-0.25, -0.2) is 0 Å². The lowest BCUT2D eigenvalue weighted by Gasteiger charge is -2.20. The van der Waals surface area contributed by atoms with Crippen LogP contribution in [0.1, 0.15) is 303 Å². The summed E-state index contributed by atoms with van der Waals surface area (Å²) in [5.41, 5.74) is 0. The zero-order chi connectivity index (χ0) is 44.4. The Balaban J connectivity index is 3.36. The lowest BCUT2D eigenvalue weighted by Crippen LogP contribution is -2.45. The van der Waals surface area contributed by atoms with E-state index in [0.29, 0.717) is 19.4 Å². The monoisotopic (exact) mass is 862 g/mol. The summed E-state index contributed by atoms with van der Waals surface area (Å²) >= 11 is 0. The molecule has 0 aliphatic carbocycles. The Labute approximate surface area is 380 Å². The van der Waals surface area contributed by atoms with Gasteiger partial charge < -0.3 is 20.3 Å². The fourth-order valence-corrected chi connectivity index (χ4v) is 8.58. The van der Waals surface area contributed by atoms with Crippen LogP contribution in [0, 0.1) is 0 Å². The molecule has 0 spiro atoms. The first-order valence-electron chi connectivity index (χ1n) is 27.5. The number of carbonyl (C=O) groups is 2. The molecule has 0 heterocycles. The van der Waals surface area contributed by atoms with Crippen LogP contribution in [0.5, 0.6) is 0 Å². The fourth-order valence-electron chi connectivity index (χ4n) is 8.58. The van der Waals surface area contributed by atoms with Crippen LogP contribution in [0.15, 0.2) is 12.2 Å². The van der Waals surface area contributed by atoms with E-state index in [9.17, 15) is 19.8 Å². The zero-order valence-corrected chi connectivity index (χ0v) is 41.2. The van der Waals surface area contributed by atoms with Crippen LogP contribution >= 0.6 is 0 Å². The van der Waals surface area contributed by atoms with Crippen LogP contribution < -0.4 is 5.32 Å². The van der Waals surface area contributed by atoms with E-state index in [1.807, 2.05) is 6.08 Å². The van der Waals surface area contributed by atoms with Gasteiger partial charge in [0.05, 0.1) is 25.4 Å². The zero-order valence-electron chi connectivity index (χ0n) is 41.2. The highest BCUT2D eigenvalue weighted by Gasteiger charge is 2.18. The van der Waals surface area contributed by atoms with Gasteiger partial charge in [-0.3, -0.25) is 9.59 Å². The van der Waals surface area contributed by atoms with Crippen molar-refractivity contribution in [3.05, 3.63) is 12.2 Å². The molecular weight excluding hydrogens is 755 g/mol. The number of nitrogens with one attached hydrogen (secondary N) is 1. The van der Waals surface area contributed by atoms with Crippen molar-refractivity contribution in [2.45, 2.75) is 315 Å². The number of unbranched alkanes of at least 4 members (excludes halogenated alkanes) is 40. The maximum absolute atomic E-state index is 12.4. The third kappa shape index (κ3) is 47.9. The maximum Gasteiger partial charge on any atom is 0.305 e. The first-order valence-corrected chi connectivity index (χ1v) is 27.5. The number of carbonyl (C=O) groups excluding carboxylic acids is 2. The smallest absolute Gasteiger partial charge is 0.305 e. The van der Waals surface area contributed by atoms with Crippen molar-refractivity contribution in [2.75, 3.05) is 13.2 Å². The van der Waals surface area contributed by atoms with Gasteiger partial charge in [-0.15, -0.1) is 0 Å². The Bertz CT molecular complexity index is 909. The number of aliphatic hydroxyl groups excluding tert-OH is 2. The molecule has 3 N–H and O–H groups in total. The van der Waals surface area contributed by atoms with Crippen molar-refractivity contribution in [3.8, 4) is 0 Å². The van der Waals surface area contributed by atoms with Crippen LogP contribution in [-0.2, 0) is 14.3 Å². The Morgan fingerprint density at radius 3 is 1.11 bits per heavy atom. The van der Waals surface area contributed by atoms with Crippen molar-refractivity contribution in [1.29, 1.82) is 0 Å². The summed E-state index contributed by atoms with van der Waals surface area (Å²) in [7, 11) is 0. The van der Waals surface area contributed by atoms with Crippen LogP contribution in [0.25, 0.3) is 0 Å². The van der Waals surface area contributed by atoms with E-state index in [1.165, 1.54) is 238 Å². The maximum atomic E-state index is 12.4. The van der Waals surface area contributed by atoms with Crippen LogP contribution in [0.4, 0.5) is 0 Å². The van der Waals surface area contributed by atoms with E-state index in [-0.39, 0.29) is 18.5 Å². The van der Waals surface area contributed by atoms with Crippen molar-refractivity contribution >= 4 is 11.9 Å². The number of allylic oxidation sites excluding steroid dienone is 1. The molecular formula is C55H107NO5. The van der Waals surface area contributed by atoms with Gasteiger partial charge in [-0.1, -0.05) is 270 Å². The molecule has 0 saturated heterocycles. The minimum absolute atomic E-state index is 0.0104. The molecule has 2 unspecified atom stereocenters. The quantitative estimate of drug-likeness (QED) is 0.0322. The van der Waals surface area contributed by atoms with Gasteiger partial charge in [-0.2, -0.15) is 0 Å². The molecule has 0 aliphatic rings. The molecule has 6 nitrogen and oxygen atoms in total. The summed E-state index contributed by atoms with van der Waals surface area (Å²) in [4.78, 5) is 24.4. The minimum atomic E-state index is -0.844. The standard InChI is InChI=1S/C55H107NO5/c1-3-5-7-9-11-13-14-15-16-19-23-26-29-33-37-41-45-49-55(60)61-50-46-42-38-34-30-27-24-21-18-17-20-22-25-28-32-36-40-44-48-54(59)56-52(51-57)53(58)47-43-39-35-31-12-10-8-6-4-2/h43,47,52-53,57-58H,3-42,44-46,48-51H2,1-2H3,(H,56,59)/b47-43+. The van der Waals surface area contributed by atoms with Gasteiger partial charge in [0.25, 0.3) is 0 Å². The summed E-state index contributed by atoms with van der Waals surface area (Å²) in [5, 5.41) is 22.9. The predicted octanol–water partition coefficient (Wildman–Crippen LogP) is 16.5. The second kappa shape index (κ2) is 51.2. The molecule has 0 aliphatic heterocycles. The first kappa shape index (κ1) is 59.6. The van der Waals surface area contributed by atoms with Crippen molar-refractivity contribution in [3.63, 3.8) is 0 Å². The number of amides is 1. The van der Waals surface area contributed by atoms with Crippen LogP contribution in [-0.4, -0.2) is 47.4 Å². The van der Waals surface area contributed by atoms with E-state index < -0.39 is 12.1 Å². The van der Waals surface area contributed by atoms with Gasteiger partial charge in [0.2, 0.25) is 5.91 Å². The molecule has 0 rings (SSSR count). The van der Waals surface area contributed by atoms with Crippen molar-refractivity contribution in [1.82, 2.24) is 5.32 Å². The van der Waals surface area contributed by atoms with Gasteiger partial charge >= 0.3 is 5.97 Å². The molecule has 0 saturated carbocycles. The number of ether oxygens (including phenoxy) is 1. The molecule has 1 amide bonds. The normalized spacial score (nSPS) is 12.7. The topological polar surface area (TPSA) is 95.9 Å². The van der Waals surface area contributed by atoms with Crippen LogP contribution in [0.3, 0.4) is 0 Å². The Kier molecular flexibility index (Phi) is 50.1. The summed E-state index contributed by atoms with van der Waals surface area (Å²) in [6, 6.07) is -0.627. The SMILES string of the molecule is CCCCCCCCC/C=C/C(O)C(CO)NC(=O)CCCCCCCCCCCCCCCCCCCCOC(=O)CCCCCCCCCCCCCCCCCCC. The highest BCUT2D eigenvalue weighted by Crippen LogP contribution is 2.17. The number of aliphatic hydroxyl groups is 2. The molecule has 0 aromatic rings. The summed E-state index contributed by atoms with van der Waals surface area (Å²) in [5.74, 6) is -0.0634. The molecule has 0 aromatic heterocycles. The molecule has 61 heavy (non-hydrogen) atoms. The highest BCUT2D eigenvalue weighted by atomic mass is 16.5. The molecule has 0 bridgehead atoms. The van der Waals surface area contributed by atoms with Gasteiger partial charge in [0.1, 0.15) is 0 Å². The first-order chi connectivity index (χ1) is 30.0. The number of esters is 1. The number of hydrogen-bond acceptors (Lipinski definition) is 5. The third-order valence-corrected chi connectivity index (χ3v) is 12.8. The van der Waals surface area contributed by atoms with Gasteiger partial charge in [-0.05, 0) is 32.1 Å². The second-order valence-electron chi connectivity index (χ2n) is 18.9. The molecule has 2 atom stereocenters. The van der Waals surface area contributed by atoms with Crippen molar-refractivity contribution in [2.24, 2.45) is 0 Å². The molecule has 0 fully saturated rings. The Morgan fingerprint density at radius 1 is 0.443 bits per heavy atom. The Morgan fingerprint density at radius 2 is 0.754 bits per heavy atom. The third-order valence-electron chi connectivity index (χ3n) is 12.8. The largest absolute Gasteiger partial charge is 0.466 e. The number of rotatable bonds is 51. The molecule has 6 heteroatoms. The van der Waals surface area contributed by atoms with Crippen LogP contribution in [0.2, 0.25) is 0 Å². The van der Waals surface area contributed by atoms with E-state index in [4.69, 9.17) is 4.74 Å². The summed E-state index contributed by atoms with van der Waals surface area (Å²) in [6.45, 7) is 4.88. The number of hydrogen-bond donors (Lipinski definition) is 3. The lowest BCUT2D eigenvalue weighted by molar-refractivity contribution is -0.143. The molecule has 362 valence electrons. The van der Waals surface area contributed by atoms with Gasteiger partial charge in [0.15, 0.2) is 0 Å². The average molecular weight is 862 g/mol. The Hall–Kier alpha value is -1.40. The average Bonchev–Trinajstić information content (AvgIpc) is 3.26. The highest BCUT2D eigenvalue weighted by molar-refractivity contribution is 5.76. The predicted molar refractivity (Wildman–Crippen MR) is 264 cm³/mol. The molecule has 0 aromatic carbocycles. The second-order valence-corrected chi connectivity index (χ2v) is 18.9. The van der Waals surface area contributed by atoms with E-state index in [0.717, 1.165) is 38.5 Å². The summed E-state index contributed by atoms with van der Waals surface area (Å²) < 4.78 is 5.49. The molecule has 0 radical (unpaired) electrons. The van der Waals surface area contributed by atoms with E-state index in [2.05, 4.69) is 19.2 Å². The minimum Gasteiger partial charge on any atom is -0.466 e. The van der Waals surface area contributed by atoms with Gasteiger partial charge in [0, 0.05) is 12.8 Å². The van der Waals surface area contributed by atoms with E-state index >= 15 is 0 Å². The summed E-state index contributed by atoms with van der Waals surface area (Å²) in [6.07, 6.45) is 59.5. The van der Waals surface area contributed by atoms with E-state index in [1.54, 1.807) is 6.08 Å².